The Labute approximate surface area is 455 Å². The molecule has 0 aliphatic rings. The van der Waals surface area contributed by atoms with Gasteiger partial charge < -0.3 is 18.0 Å². The Morgan fingerprint density at radius 3 is 0.861 bits per heavy atom. The van der Waals surface area contributed by atoms with Gasteiger partial charge in [0, 0.05) is 31.6 Å². The minimum atomic E-state index is -2.92. The zero-order valence-corrected chi connectivity index (χ0v) is 50.5. The summed E-state index contributed by atoms with van der Waals surface area (Å²) in [6, 6.07) is 10.4. The molecular weight excluding hydrogens is 921 g/mol. The van der Waals surface area contributed by atoms with Gasteiger partial charge in [-0.3, -0.25) is 4.79 Å². The molecule has 0 aliphatic heterocycles. The molecule has 1 rings (SSSR count). The highest BCUT2D eigenvalue weighted by atomic mass is 32.2. The van der Waals surface area contributed by atoms with Crippen LogP contribution in [0.5, 0.6) is 5.75 Å². The third-order valence-corrected chi connectivity index (χ3v) is 18.8. The first-order chi connectivity index (χ1) is 35.7. The second-order valence-corrected chi connectivity index (χ2v) is 25.9. The van der Waals surface area contributed by atoms with Crippen LogP contribution in [0.2, 0.25) is 6.04 Å². The second-order valence-electron chi connectivity index (χ2n) is 22.1. The van der Waals surface area contributed by atoms with Crippen molar-refractivity contribution in [2.75, 3.05) is 32.2 Å². The van der Waals surface area contributed by atoms with Crippen molar-refractivity contribution < 1.29 is 22.8 Å². The van der Waals surface area contributed by atoms with E-state index in [0.29, 0.717) is 0 Å². The molecule has 0 heterocycles. The molecule has 0 spiro atoms. The SMILES string of the molecule is CCCCCCCCCCCCCCCCCCO[Si](CCCSC(=O)COc1ccccc1)(OCCCCCCCCCCCCCCCCCC)OCCCCCCCCCCCCCCCCCC. The average molecular weight is 1050 g/mol. The molecule has 0 bridgehead atoms. The fourth-order valence-electron chi connectivity index (χ4n) is 10.2. The second kappa shape index (κ2) is 57.8. The van der Waals surface area contributed by atoms with E-state index in [0.717, 1.165) is 63.1 Å². The van der Waals surface area contributed by atoms with Crippen LogP contribution in [-0.4, -0.2) is 46.1 Å². The first kappa shape index (κ1) is 69.2. The Hall–Kier alpha value is -0.863. The van der Waals surface area contributed by atoms with Crippen molar-refractivity contribution in [3.8, 4) is 5.75 Å². The molecule has 7 heteroatoms. The van der Waals surface area contributed by atoms with Gasteiger partial charge in [0.05, 0.1) is 0 Å². The third-order valence-electron chi connectivity index (χ3n) is 14.9. The van der Waals surface area contributed by atoms with E-state index in [4.69, 9.17) is 18.0 Å². The van der Waals surface area contributed by atoms with Crippen molar-refractivity contribution in [1.29, 1.82) is 0 Å². The number of unbranched alkanes of at least 4 members (excludes halogenated alkanes) is 45. The van der Waals surface area contributed by atoms with Gasteiger partial charge in [-0.1, -0.05) is 340 Å². The fraction of sp³-hybridized carbons (Fsp3) is 0.892. The van der Waals surface area contributed by atoms with Crippen LogP contribution in [0.3, 0.4) is 0 Å². The summed E-state index contributed by atoms with van der Waals surface area (Å²) < 4.78 is 26.4. The molecule has 0 amide bonds. The molecule has 0 atom stereocenters. The molecule has 0 aromatic heterocycles. The van der Waals surface area contributed by atoms with E-state index in [1.807, 2.05) is 30.3 Å². The number of hydrogen-bond donors (Lipinski definition) is 0. The lowest BCUT2D eigenvalue weighted by atomic mass is 10.0. The highest BCUT2D eigenvalue weighted by Gasteiger charge is 2.40. The normalized spacial score (nSPS) is 11.8. The molecule has 0 fully saturated rings. The van der Waals surface area contributed by atoms with E-state index < -0.39 is 8.80 Å². The van der Waals surface area contributed by atoms with Gasteiger partial charge in [-0.05, 0) is 37.8 Å². The lowest BCUT2D eigenvalue weighted by molar-refractivity contribution is -0.112. The minimum absolute atomic E-state index is 0.0726. The maximum atomic E-state index is 12.8. The quantitative estimate of drug-likeness (QED) is 0.0479. The number of thioether (sulfide) groups is 1. The van der Waals surface area contributed by atoms with Gasteiger partial charge in [-0.25, -0.2) is 0 Å². The molecule has 424 valence electrons. The van der Waals surface area contributed by atoms with Crippen molar-refractivity contribution in [3.63, 3.8) is 0 Å². The standard InChI is InChI=1S/C65H124O5SSi/c1-4-7-10-13-16-19-22-25-28-31-34-37-40-43-46-52-58-68-72(62-55-61-71-65(66)63-67-64-56-50-49-51-57-64,69-59-53-47-44-41-38-35-32-29-26-23-20-17-14-11-8-5-2)70-60-54-48-45-42-39-36-33-30-27-24-21-18-15-12-9-6-3/h49-51,56-57H,4-48,52-55,58-63H2,1-3H3. The van der Waals surface area contributed by atoms with Crippen LogP contribution in [0.25, 0.3) is 0 Å². The Balaban J connectivity index is 2.59. The molecule has 0 N–H and O–H groups in total. The Morgan fingerprint density at radius 1 is 0.347 bits per heavy atom. The number of para-hydroxylation sites is 1. The number of ether oxygens (including phenoxy) is 1. The summed E-state index contributed by atoms with van der Waals surface area (Å²) in [6.07, 6.45) is 66.5. The first-order valence-corrected chi connectivity index (χ1v) is 35.3. The molecule has 5 nitrogen and oxygen atoms in total. The molecule has 0 saturated carbocycles. The van der Waals surface area contributed by atoms with Crippen molar-refractivity contribution in [2.24, 2.45) is 0 Å². The van der Waals surface area contributed by atoms with E-state index in [1.54, 1.807) is 0 Å². The monoisotopic (exact) mass is 1040 g/mol. The number of rotatable bonds is 61. The van der Waals surface area contributed by atoms with Crippen molar-refractivity contribution in [1.82, 2.24) is 0 Å². The predicted molar refractivity (Wildman–Crippen MR) is 321 cm³/mol. The summed E-state index contributed by atoms with van der Waals surface area (Å²) in [5.74, 6) is 1.48. The van der Waals surface area contributed by atoms with Crippen LogP contribution in [0.4, 0.5) is 0 Å². The van der Waals surface area contributed by atoms with Gasteiger partial charge in [0.1, 0.15) is 5.75 Å². The molecule has 1 aromatic rings. The molecule has 0 radical (unpaired) electrons. The van der Waals surface area contributed by atoms with Crippen LogP contribution in [0, 0.1) is 0 Å². The Kier molecular flexibility index (Phi) is 55.5. The lowest BCUT2D eigenvalue weighted by Crippen LogP contribution is -2.46. The maximum Gasteiger partial charge on any atom is 0.500 e. The minimum Gasteiger partial charge on any atom is -0.485 e. The Bertz CT molecular complexity index is 1090. The zero-order chi connectivity index (χ0) is 51.6. The van der Waals surface area contributed by atoms with Crippen LogP contribution >= 0.6 is 11.8 Å². The lowest BCUT2D eigenvalue weighted by Gasteiger charge is -2.30. The van der Waals surface area contributed by atoms with Crippen LogP contribution in [0.15, 0.2) is 30.3 Å². The molecule has 1 aromatic carbocycles. The smallest absolute Gasteiger partial charge is 0.485 e. The summed E-state index contributed by atoms with van der Waals surface area (Å²) >= 11 is 1.38. The van der Waals surface area contributed by atoms with Gasteiger partial charge in [0.2, 0.25) is 5.12 Å². The maximum absolute atomic E-state index is 12.8. The van der Waals surface area contributed by atoms with Crippen LogP contribution in [-0.2, 0) is 18.1 Å². The molecule has 0 unspecified atom stereocenters. The van der Waals surface area contributed by atoms with E-state index >= 15 is 0 Å². The third kappa shape index (κ3) is 50.0. The fourth-order valence-corrected chi connectivity index (χ4v) is 13.7. The predicted octanol–water partition coefficient (Wildman–Crippen LogP) is 22.5. The van der Waals surface area contributed by atoms with E-state index in [2.05, 4.69) is 20.8 Å². The van der Waals surface area contributed by atoms with E-state index in [1.165, 1.54) is 301 Å². The average Bonchev–Trinajstić information content (AvgIpc) is 3.40. The summed E-state index contributed by atoms with van der Waals surface area (Å²) in [4.78, 5) is 12.8. The summed E-state index contributed by atoms with van der Waals surface area (Å²) in [6.45, 7) is 9.17. The van der Waals surface area contributed by atoms with Gasteiger partial charge >= 0.3 is 8.80 Å². The van der Waals surface area contributed by atoms with Crippen molar-refractivity contribution in [3.05, 3.63) is 30.3 Å². The highest BCUT2D eigenvalue weighted by molar-refractivity contribution is 8.13. The number of benzene rings is 1. The highest BCUT2D eigenvalue weighted by Crippen LogP contribution is 2.24. The van der Waals surface area contributed by atoms with Gasteiger partial charge in [-0.2, -0.15) is 0 Å². The number of carbonyl (C=O) groups excluding carboxylic acids is 1. The summed E-state index contributed by atoms with van der Waals surface area (Å²) in [5, 5.41) is 0.0726. The van der Waals surface area contributed by atoms with Crippen LogP contribution < -0.4 is 4.74 Å². The summed E-state index contributed by atoms with van der Waals surface area (Å²) in [7, 11) is -2.92. The number of carbonyl (C=O) groups is 1. The number of hydrogen-bond acceptors (Lipinski definition) is 6. The molecule has 0 saturated heterocycles. The molecule has 72 heavy (non-hydrogen) atoms. The van der Waals surface area contributed by atoms with Gasteiger partial charge in [-0.15, -0.1) is 0 Å². The van der Waals surface area contributed by atoms with E-state index in [9.17, 15) is 4.79 Å². The molecular formula is C65H124O5SSi. The van der Waals surface area contributed by atoms with Gasteiger partial charge in [0.15, 0.2) is 6.61 Å². The van der Waals surface area contributed by atoms with Crippen LogP contribution in [0.1, 0.15) is 335 Å². The largest absolute Gasteiger partial charge is 0.500 e. The summed E-state index contributed by atoms with van der Waals surface area (Å²) in [5.41, 5.74) is 0. The first-order valence-electron chi connectivity index (χ1n) is 32.4. The Morgan fingerprint density at radius 2 is 0.597 bits per heavy atom. The molecule has 0 aliphatic carbocycles. The zero-order valence-electron chi connectivity index (χ0n) is 48.7. The van der Waals surface area contributed by atoms with Crippen molar-refractivity contribution in [2.45, 2.75) is 341 Å². The van der Waals surface area contributed by atoms with Gasteiger partial charge in [0.25, 0.3) is 0 Å². The van der Waals surface area contributed by atoms with E-state index in [-0.39, 0.29) is 11.7 Å². The van der Waals surface area contributed by atoms with Crippen molar-refractivity contribution >= 4 is 25.7 Å². The topological polar surface area (TPSA) is 54.0 Å².